The third-order valence-electron chi connectivity index (χ3n) is 2.17. The van der Waals surface area contributed by atoms with E-state index in [4.69, 9.17) is 4.74 Å². The predicted molar refractivity (Wildman–Crippen MR) is 68.9 cm³/mol. The van der Waals surface area contributed by atoms with Crippen LogP contribution < -0.4 is 5.32 Å². The summed E-state index contributed by atoms with van der Waals surface area (Å²) >= 11 is 1.71. The standard InChI is InChI=1S/C12H22N2OS/c1-10(2)15-7-5-4-6-13-8-12-9-16-11(3)14-12/h9-10,13H,4-8H2,1-3H3. The molecule has 0 aliphatic carbocycles. The number of ether oxygens (including phenoxy) is 1. The Labute approximate surface area is 102 Å². The van der Waals surface area contributed by atoms with Crippen molar-refractivity contribution in [2.75, 3.05) is 13.2 Å². The molecule has 1 aromatic rings. The molecule has 0 aliphatic heterocycles. The molecule has 92 valence electrons. The predicted octanol–water partition coefficient (Wildman–Crippen LogP) is 2.75. The summed E-state index contributed by atoms with van der Waals surface area (Å²) < 4.78 is 5.47. The van der Waals surface area contributed by atoms with Gasteiger partial charge in [0.25, 0.3) is 0 Å². The Balaban J connectivity index is 1.92. The first-order chi connectivity index (χ1) is 7.68. The van der Waals surface area contributed by atoms with Gasteiger partial charge in [0.05, 0.1) is 16.8 Å². The number of nitrogens with zero attached hydrogens (tertiary/aromatic N) is 1. The summed E-state index contributed by atoms with van der Waals surface area (Å²) in [5.41, 5.74) is 1.15. The Hall–Kier alpha value is -0.450. The van der Waals surface area contributed by atoms with Crippen LogP contribution in [0, 0.1) is 6.92 Å². The molecular formula is C12H22N2OS. The molecule has 0 aliphatic rings. The number of nitrogens with one attached hydrogen (secondary N) is 1. The summed E-state index contributed by atoms with van der Waals surface area (Å²) in [6.07, 6.45) is 2.64. The van der Waals surface area contributed by atoms with Crippen molar-refractivity contribution in [2.45, 2.75) is 46.3 Å². The largest absolute Gasteiger partial charge is 0.379 e. The van der Waals surface area contributed by atoms with Crippen LogP contribution in [0.4, 0.5) is 0 Å². The van der Waals surface area contributed by atoms with E-state index in [-0.39, 0.29) is 0 Å². The first-order valence-corrected chi connectivity index (χ1v) is 6.80. The van der Waals surface area contributed by atoms with E-state index in [9.17, 15) is 0 Å². The molecule has 16 heavy (non-hydrogen) atoms. The molecule has 1 N–H and O–H groups in total. The molecule has 0 amide bonds. The van der Waals surface area contributed by atoms with Gasteiger partial charge in [0.2, 0.25) is 0 Å². The summed E-state index contributed by atoms with van der Waals surface area (Å²) in [5.74, 6) is 0. The molecule has 1 heterocycles. The summed E-state index contributed by atoms with van der Waals surface area (Å²) in [6.45, 7) is 8.98. The third kappa shape index (κ3) is 6.20. The van der Waals surface area contributed by atoms with Crippen molar-refractivity contribution in [3.8, 4) is 0 Å². The van der Waals surface area contributed by atoms with Crippen molar-refractivity contribution in [1.29, 1.82) is 0 Å². The minimum atomic E-state index is 0.353. The van der Waals surface area contributed by atoms with E-state index in [1.807, 2.05) is 6.92 Å². The van der Waals surface area contributed by atoms with E-state index in [0.717, 1.165) is 43.2 Å². The number of rotatable bonds is 8. The van der Waals surface area contributed by atoms with E-state index >= 15 is 0 Å². The fourth-order valence-corrected chi connectivity index (χ4v) is 1.99. The second-order valence-corrected chi connectivity index (χ2v) is 5.22. The van der Waals surface area contributed by atoms with Gasteiger partial charge in [0.1, 0.15) is 0 Å². The summed E-state index contributed by atoms with van der Waals surface area (Å²) in [7, 11) is 0. The lowest BCUT2D eigenvalue weighted by molar-refractivity contribution is 0.0760. The van der Waals surface area contributed by atoms with Crippen LogP contribution in [-0.2, 0) is 11.3 Å². The molecular weight excluding hydrogens is 220 g/mol. The van der Waals surface area contributed by atoms with E-state index in [0.29, 0.717) is 6.10 Å². The maximum absolute atomic E-state index is 5.47. The van der Waals surface area contributed by atoms with Gasteiger partial charge in [-0.2, -0.15) is 0 Å². The molecule has 1 rings (SSSR count). The van der Waals surface area contributed by atoms with Gasteiger partial charge in [0, 0.05) is 18.5 Å². The molecule has 1 aromatic heterocycles. The Kier molecular flexibility index (Phi) is 6.61. The van der Waals surface area contributed by atoms with Crippen LogP contribution in [0.5, 0.6) is 0 Å². The highest BCUT2D eigenvalue weighted by Crippen LogP contribution is 2.07. The molecule has 0 atom stereocenters. The van der Waals surface area contributed by atoms with E-state index < -0.39 is 0 Å². The van der Waals surface area contributed by atoms with Crippen molar-refractivity contribution in [3.05, 3.63) is 16.1 Å². The van der Waals surface area contributed by atoms with Crippen molar-refractivity contribution < 1.29 is 4.74 Å². The number of thiazole rings is 1. The molecule has 0 unspecified atom stereocenters. The monoisotopic (exact) mass is 242 g/mol. The van der Waals surface area contributed by atoms with Crippen LogP contribution in [0.2, 0.25) is 0 Å². The van der Waals surface area contributed by atoms with Crippen LogP contribution >= 0.6 is 11.3 Å². The molecule has 3 nitrogen and oxygen atoms in total. The zero-order chi connectivity index (χ0) is 11.8. The van der Waals surface area contributed by atoms with Gasteiger partial charge in [0.15, 0.2) is 0 Å². The zero-order valence-electron chi connectivity index (χ0n) is 10.5. The zero-order valence-corrected chi connectivity index (χ0v) is 11.3. The Morgan fingerprint density at radius 1 is 1.44 bits per heavy atom. The van der Waals surface area contributed by atoms with Gasteiger partial charge in [-0.15, -0.1) is 11.3 Å². The van der Waals surface area contributed by atoms with E-state index in [1.54, 1.807) is 11.3 Å². The van der Waals surface area contributed by atoms with Crippen molar-refractivity contribution in [1.82, 2.24) is 10.3 Å². The van der Waals surface area contributed by atoms with Crippen molar-refractivity contribution in [2.24, 2.45) is 0 Å². The van der Waals surface area contributed by atoms with Crippen molar-refractivity contribution >= 4 is 11.3 Å². The van der Waals surface area contributed by atoms with Crippen LogP contribution in [0.15, 0.2) is 5.38 Å². The highest BCUT2D eigenvalue weighted by Gasteiger charge is 1.97. The van der Waals surface area contributed by atoms with Gasteiger partial charge >= 0.3 is 0 Å². The Morgan fingerprint density at radius 3 is 2.88 bits per heavy atom. The van der Waals surface area contributed by atoms with Crippen molar-refractivity contribution in [3.63, 3.8) is 0 Å². The average Bonchev–Trinajstić information content (AvgIpc) is 2.62. The van der Waals surface area contributed by atoms with Crippen LogP contribution in [0.25, 0.3) is 0 Å². The van der Waals surface area contributed by atoms with E-state index in [1.165, 1.54) is 0 Å². The lowest BCUT2D eigenvalue weighted by Crippen LogP contribution is -2.15. The fourth-order valence-electron chi connectivity index (χ4n) is 1.38. The summed E-state index contributed by atoms with van der Waals surface area (Å²) in [6, 6.07) is 0. The summed E-state index contributed by atoms with van der Waals surface area (Å²) in [4.78, 5) is 4.40. The molecule has 0 aromatic carbocycles. The minimum Gasteiger partial charge on any atom is -0.379 e. The van der Waals surface area contributed by atoms with Gasteiger partial charge in [-0.05, 0) is 40.2 Å². The normalized spacial score (nSPS) is 11.2. The highest BCUT2D eigenvalue weighted by molar-refractivity contribution is 7.09. The minimum absolute atomic E-state index is 0.353. The van der Waals surface area contributed by atoms with Crippen LogP contribution in [0.3, 0.4) is 0 Å². The Bertz CT molecular complexity index is 286. The number of unbranched alkanes of at least 4 members (excludes halogenated alkanes) is 1. The first-order valence-electron chi connectivity index (χ1n) is 5.92. The number of hydrogen-bond acceptors (Lipinski definition) is 4. The van der Waals surface area contributed by atoms with Crippen LogP contribution in [-0.4, -0.2) is 24.2 Å². The molecule has 0 saturated heterocycles. The topological polar surface area (TPSA) is 34.2 Å². The quantitative estimate of drug-likeness (QED) is 0.712. The molecule has 0 spiro atoms. The smallest absolute Gasteiger partial charge is 0.0897 e. The second kappa shape index (κ2) is 7.76. The molecule has 0 radical (unpaired) electrons. The number of hydrogen-bond donors (Lipinski definition) is 1. The lowest BCUT2D eigenvalue weighted by Gasteiger charge is -2.07. The SMILES string of the molecule is Cc1nc(CNCCCCOC(C)C)cs1. The number of aromatic nitrogens is 1. The molecule has 0 fully saturated rings. The van der Waals surface area contributed by atoms with Gasteiger partial charge in [-0.3, -0.25) is 0 Å². The lowest BCUT2D eigenvalue weighted by atomic mass is 10.3. The van der Waals surface area contributed by atoms with Gasteiger partial charge < -0.3 is 10.1 Å². The third-order valence-corrected chi connectivity index (χ3v) is 2.99. The maximum Gasteiger partial charge on any atom is 0.0897 e. The van der Waals surface area contributed by atoms with E-state index in [2.05, 4.69) is 29.5 Å². The fraction of sp³-hybridized carbons (Fsp3) is 0.750. The summed E-state index contributed by atoms with van der Waals surface area (Å²) in [5, 5.41) is 6.65. The van der Waals surface area contributed by atoms with Gasteiger partial charge in [-0.1, -0.05) is 0 Å². The average molecular weight is 242 g/mol. The van der Waals surface area contributed by atoms with Gasteiger partial charge in [-0.25, -0.2) is 4.98 Å². The molecule has 4 heteroatoms. The second-order valence-electron chi connectivity index (χ2n) is 4.16. The highest BCUT2D eigenvalue weighted by atomic mass is 32.1. The maximum atomic E-state index is 5.47. The first kappa shape index (κ1) is 13.6. The Morgan fingerprint density at radius 2 is 2.25 bits per heavy atom. The molecule has 0 bridgehead atoms. The van der Waals surface area contributed by atoms with Crippen LogP contribution in [0.1, 0.15) is 37.4 Å². The number of aryl methyl sites for hydroxylation is 1. The molecule has 0 saturated carbocycles.